The molecule has 244 valence electrons. The van der Waals surface area contributed by atoms with Crippen LogP contribution in [-0.2, 0) is 16.7 Å². The highest BCUT2D eigenvalue weighted by Crippen LogP contribution is 2.42. The number of carbonyl (C=O) groups excluding carboxylic acids is 1. The molecule has 3 aromatic carbocycles. The fourth-order valence-corrected chi connectivity index (χ4v) is 6.31. The number of anilines is 1. The lowest BCUT2D eigenvalue weighted by Gasteiger charge is -2.38. The fraction of sp³-hybridized carbons (Fsp3) is 0.371. The van der Waals surface area contributed by atoms with Gasteiger partial charge < -0.3 is 20.1 Å². The predicted molar refractivity (Wildman–Crippen MR) is 179 cm³/mol. The predicted octanol–water partition coefficient (Wildman–Crippen LogP) is 5.32. The van der Waals surface area contributed by atoms with E-state index in [9.17, 15) is 18.3 Å². The largest absolute Gasteiger partial charge is 0.493 e. The van der Waals surface area contributed by atoms with E-state index in [0.717, 1.165) is 53.1 Å². The molecule has 0 radical (unpaired) electrons. The van der Waals surface area contributed by atoms with Crippen molar-refractivity contribution in [3.05, 3.63) is 101 Å². The zero-order chi connectivity index (χ0) is 32.8. The normalized spacial score (nSPS) is 15.3. The van der Waals surface area contributed by atoms with Crippen molar-refractivity contribution in [2.24, 2.45) is 0 Å². The molecule has 0 saturated heterocycles. The monoisotopic (exact) mass is 646 g/mol. The molecule has 2 unspecified atom stereocenters. The maximum atomic E-state index is 12.5. The maximum Gasteiger partial charge on any atom is 0.266 e. The van der Waals surface area contributed by atoms with Crippen LogP contribution in [0.3, 0.4) is 0 Å². The average Bonchev–Trinajstić information content (AvgIpc) is 3.48. The molecule has 2 atom stereocenters. The Kier molecular flexibility index (Phi) is 10.5. The quantitative estimate of drug-likeness (QED) is 0.131. The highest BCUT2D eigenvalue weighted by molar-refractivity contribution is 7.85. The molecule has 46 heavy (non-hydrogen) atoms. The summed E-state index contributed by atoms with van der Waals surface area (Å²) in [6, 6.07) is 19.3. The molecule has 1 aliphatic heterocycles. The molecule has 5 rings (SSSR count). The fourth-order valence-electron chi connectivity index (χ4n) is 5.95. The first-order valence-electron chi connectivity index (χ1n) is 15.6. The smallest absolute Gasteiger partial charge is 0.266 e. The molecule has 0 aliphatic carbocycles. The van der Waals surface area contributed by atoms with Crippen molar-refractivity contribution in [3.8, 4) is 16.9 Å². The minimum Gasteiger partial charge on any atom is -0.493 e. The molecule has 10 nitrogen and oxygen atoms in total. The number of fused-ring (bicyclic) bond motifs is 1. The van der Waals surface area contributed by atoms with Gasteiger partial charge in [0.15, 0.2) is 0 Å². The van der Waals surface area contributed by atoms with E-state index in [-0.39, 0.29) is 6.54 Å². The first kappa shape index (κ1) is 33.2. The van der Waals surface area contributed by atoms with E-state index in [2.05, 4.69) is 54.3 Å². The second-order valence-electron chi connectivity index (χ2n) is 12.0. The minimum atomic E-state index is -4.15. The van der Waals surface area contributed by atoms with Gasteiger partial charge >= 0.3 is 0 Å². The lowest BCUT2D eigenvalue weighted by atomic mass is 9.85. The van der Waals surface area contributed by atoms with Gasteiger partial charge in [0.2, 0.25) is 0 Å². The van der Waals surface area contributed by atoms with Crippen molar-refractivity contribution in [2.75, 3.05) is 30.3 Å². The molecule has 0 spiro atoms. The number of ether oxygens (including phenoxy) is 1. The van der Waals surface area contributed by atoms with Gasteiger partial charge in [0.25, 0.3) is 16.0 Å². The summed E-state index contributed by atoms with van der Waals surface area (Å²) in [6.45, 7) is 7.93. The van der Waals surface area contributed by atoms with Crippen molar-refractivity contribution in [1.82, 2.24) is 15.1 Å². The summed E-state index contributed by atoms with van der Waals surface area (Å²) in [6.07, 6.45) is 5.46. The van der Waals surface area contributed by atoms with Gasteiger partial charge in [-0.15, -0.1) is 0 Å². The highest BCUT2D eigenvalue weighted by Gasteiger charge is 2.29. The van der Waals surface area contributed by atoms with E-state index in [0.29, 0.717) is 31.1 Å². The van der Waals surface area contributed by atoms with Gasteiger partial charge in [-0.05, 0) is 91.1 Å². The molecule has 1 aromatic heterocycles. The number of hydrogen-bond donors (Lipinski definition) is 3. The highest BCUT2D eigenvalue weighted by atomic mass is 32.2. The number of aliphatic hydroxyl groups is 1. The average molecular weight is 647 g/mol. The molecule has 2 heterocycles. The number of nitrogens with one attached hydrogen (secondary N) is 1. The van der Waals surface area contributed by atoms with Gasteiger partial charge in [0.1, 0.15) is 12.0 Å². The molecule has 1 amide bonds. The summed E-state index contributed by atoms with van der Waals surface area (Å²) in [7, 11) is -4.15. The maximum absolute atomic E-state index is 12.5. The molecule has 3 N–H and O–H groups in total. The summed E-state index contributed by atoms with van der Waals surface area (Å²) < 4.78 is 38.6. The third-order valence-corrected chi connectivity index (χ3v) is 9.31. The van der Waals surface area contributed by atoms with E-state index in [4.69, 9.17) is 9.29 Å². The second-order valence-corrected chi connectivity index (χ2v) is 13.5. The summed E-state index contributed by atoms with van der Waals surface area (Å²) in [5.41, 5.74) is 7.88. The Bertz CT molecular complexity index is 1790. The van der Waals surface area contributed by atoms with E-state index < -0.39 is 28.0 Å². The molecular weight excluding hydrogens is 604 g/mol. The number of nitrogens with zero attached hydrogens (tertiary/aromatic N) is 3. The lowest BCUT2D eigenvalue weighted by Crippen LogP contribution is -2.40. The number of amides is 1. The van der Waals surface area contributed by atoms with E-state index in [1.807, 2.05) is 41.3 Å². The van der Waals surface area contributed by atoms with Crippen LogP contribution >= 0.6 is 0 Å². The molecule has 0 fully saturated rings. The number of hydrogen-bond acceptors (Lipinski definition) is 7. The van der Waals surface area contributed by atoms with Gasteiger partial charge in [-0.2, -0.15) is 13.5 Å². The first-order chi connectivity index (χ1) is 22.0. The molecule has 1 aliphatic rings. The van der Waals surface area contributed by atoms with Crippen LogP contribution in [0, 0.1) is 13.8 Å². The Morgan fingerprint density at radius 3 is 2.72 bits per heavy atom. The lowest BCUT2D eigenvalue weighted by molar-refractivity contribution is 0.0956. The first-order valence-corrected chi connectivity index (χ1v) is 17.2. The van der Waals surface area contributed by atoms with Gasteiger partial charge in [-0.25, -0.2) is 0 Å². The Morgan fingerprint density at radius 2 is 1.91 bits per heavy atom. The molecule has 4 aromatic rings. The van der Waals surface area contributed by atoms with Gasteiger partial charge in [-0.3, -0.25) is 14.0 Å². The third kappa shape index (κ3) is 8.14. The zero-order valence-electron chi connectivity index (χ0n) is 26.5. The van der Waals surface area contributed by atoms with E-state index in [1.165, 1.54) is 11.1 Å². The third-order valence-electron chi connectivity index (χ3n) is 8.59. The van der Waals surface area contributed by atoms with Crippen molar-refractivity contribution in [2.45, 2.75) is 58.7 Å². The number of benzene rings is 3. The molecule has 11 heteroatoms. The Balaban J connectivity index is 1.25. The van der Waals surface area contributed by atoms with Crippen LogP contribution in [0.15, 0.2) is 73.1 Å². The Labute approximate surface area is 270 Å². The van der Waals surface area contributed by atoms with Crippen LogP contribution in [0.25, 0.3) is 11.1 Å². The van der Waals surface area contributed by atoms with Crippen LogP contribution < -0.4 is 15.0 Å². The number of rotatable bonds is 13. The second kappa shape index (κ2) is 14.5. The SMILES string of the molecule is Cc1cccc(OCCCC(O)N2CCC(C)c3c(-c4cnn(Cc5cccc(C(=O)NCCS(=O)(=O)O)c5)c4)cccc32)c1C. The summed E-state index contributed by atoms with van der Waals surface area (Å²) in [5.74, 6) is 0.235. The summed E-state index contributed by atoms with van der Waals surface area (Å²) in [4.78, 5) is 14.6. The van der Waals surface area contributed by atoms with E-state index in [1.54, 1.807) is 18.2 Å². The van der Waals surface area contributed by atoms with E-state index >= 15 is 0 Å². The number of aromatic nitrogens is 2. The topological polar surface area (TPSA) is 134 Å². The summed E-state index contributed by atoms with van der Waals surface area (Å²) >= 11 is 0. The Morgan fingerprint density at radius 1 is 1.13 bits per heavy atom. The van der Waals surface area contributed by atoms with Crippen molar-refractivity contribution in [3.63, 3.8) is 0 Å². The molecule has 0 bridgehead atoms. The van der Waals surface area contributed by atoms with Crippen LogP contribution in [0.5, 0.6) is 5.75 Å². The molecule has 0 saturated carbocycles. The van der Waals surface area contributed by atoms with Crippen LogP contribution in [0.1, 0.15) is 64.7 Å². The number of carbonyl (C=O) groups is 1. The van der Waals surface area contributed by atoms with Crippen LogP contribution in [0.4, 0.5) is 5.69 Å². The molecular formula is C35H42N4O6S. The minimum absolute atomic E-state index is 0.180. The van der Waals surface area contributed by atoms with Crippen molar-refractivity contribution in [1.29, 1.82) is 0 Å². The standard InChI is InChI=1S/C35H42N4O6S/c1-24-8-4-13-32(26(24)3)45-18-7-14-33(40)39-17-15-25(2)34-30(11-6-12-31(34)39)29-21-37-38(23-29)22-27-9-5-10-28(20-27)35(41)36-16-19-46(42,43)44/h4-6,8-13,20-21,23,25,33,40H,7,14-19,22H2,1-3H3,(H,36,41)(H,42,43,44). The number of aryl methyl sites for hydroxylation is 1. The van der Waals surface area contributed by atoms with Gasteiger partial charge in [0.05, 0.1) is 25.1 Å². The van der Waals surface area contributed by atoms with Crippen LogP contribution in [-0.4, -0.2) is 65.4 Å². The van der Waals surface area contributed by atoms with Gasteiger partial charge in [-0.1, -0.05) is 43.3 Å². The Hall–Kier alpha value is -4.19. The zero-order valence-corrected chi connectivity index (χ0v) is 27.3. The number of aliphatic hydroxyl groups excluding tert-OH is 1. The van der Waals surface area contributed by atoms with Crippen molar-refractivity contribution < 1.29 is 27.6 Å². The summed E-state index contributed by atoms with van der Waals surface area (Å²) in [5, 5.41) is 18.4. The van der Waals surface area contributed by atoms with Crippen LogP contribution in [0.2, 0.25) is 0 Å². The van der Waals surface area contributed by atoms with Crippen molar-refractivity contribution >= 4 is 21.7 Å². The van der Waals surface area contributed by atoms with Gasteiger partial charge in [0, 0.05) is 36.1 Å².